The van der Waals surface area contributed by atoms with Gasteiger partial charge >= 0.3 is 5.97 Å². The van der Waals surface area contributed by atoms with Gasteiger partial charge in [-0.3, -0.25) is 9.59 Å². The number of benzene rings is 3. The van der Waals surface area contributed by atoms with E-state index in [1.165, 1.54) is 15.9 Å². The van der Waals surface area contributed by atoms with Crippen LogP contribution >= 0.6 is 19.9 Å². The third-order valence-corrected chi connectivity index (χ3v) is 10.9. The Morgan fingerprint density at radius 2 is 1.28 bits per heavy atom. The van der Waals surface area contributed by atoms with Crippen LogP contribution in [0.15, 0.2) is 91.0 Å². The molecule has 0 aromatic heterocycles. The highest BCUT2D eigenvalue weighted by atomic mass is 79.9. The minimum Gasteiger partial charge on any atom is -1.00 e. The van der Waals surface area contributed by atoms with E-state index in [9.17, 15) is 9.59 Å². The van der Waals surface area contributed by atoms with Crippen LogP contribution in [0.1, 0.15) is 19.3 Å². The normalized spacial score (nSPS) is 11.7. The van der Waals surface area contributed by atoms with Gasteiger partial charge in [0, 0.05) is 5.75 Å². The van der Waals surface area contributed by atoms with E-state index in [-0.39, 0.29) is 29.3 Å². The number of ether oxygens (including phenoxy) is 1. The summed E-state index contributed by atoms with van der Waals surface area (Å²) in [5.41, 5.74) is 5.58. The van der Waals surface area contributed by atoms with Gasteiger partial charge in [-0.2, -0.15) is 12.6 Å². The number of thiol groups is 1. The molecular weight excluding hydrogens is 555 g/mol. The van der Waals surface area contributed by atoms with Crippen LogP contribution in [-0.2, 0) is 14.3 Å². The van der Waals surface area contributed by atoms with Crippen molar-refractivity contribution >= 4 is 47.7 Å². The molecule has 0 unspecified atom stereocenters. The van der Waals surface area contributed by atoms with Gasteiger partial charge in [0.2, 0.25) is 5.91 Å². The number of rotatable bonds is 13. The topological polar surface area (TPSA) is 81.4 Å². The summed E-state index contributed by atoms with van der Waals surface area (Å²) >= 11 is 3.98. The lowest BCUT2D eigenvalue weighted by atomic mass is 10.3. The minimum absolute atomic E-state index is 0. The highest BCUT2D eigenvalue weighted by Crippen LogP contribution is 2.55. The molecule has 0 saturated heterocycles. The van der Waals surface area contributed by atoms with E-state index >= 15 is 0 Å². The maximum atomic E-state index is 11.9. The van der Waals surface area contributed by atoms with Crippen molar-refractivity contribution in [2.45, 2.75) is 25.3 Å². The molecule has 0 heterocycles. The molecule has 0 bridgehead atoms. The number of nitrogens with one attached hydrogen (secondary N) is 1. The first-order valence-corrected chi connectivity index (χ1v) is 14.5. The first-order valence-electron chi connectivity index (χ1n) is 11.9. The van der Waals surface area contributed by atoms with Gasteiger partial charge in [-0.05, 0) is 55.7 Å². The fourth-order valence-electron chi connectivity index (χ4n) is 4.12. The standard InChI is InChI=1S/C28H33N2O3PS.BrH/c29-26(22-35)28(32)30-21-27(31)33-19-11-4-12-20-34(23-13-5-1-6-14-23,24-15-7-2-8-16-24)25-17-9-3-10-18-25;/h1-3,5-10,13-18,26H,4,11-12,19-22,29H2,(H-,30,32,35);1H/t26-;/m0./s1. The van der Waals surface area contributed by atoms with Crippen molar-refractivity contribution in [2.24, 2.45) is 5.73 Å². The molecule has 0 saturated carbocycles. The van der Waals surface area contributed by atoms with Crippen LogP contribution in [-0.4, -0.2) is 43.0 Å². The Labute approximate surface area is 230 Å². The summed E-state index contributed by atoms with van der Waals surface area (Å²) in [5.74, 6) is -0.635. The molecular formula is C28H34BrN2O3PS. The predicted octanol–water partition coefficient (Wildman–Crippen LogP) is 0.0713. The number of carbonyl (C=O) groups excluding carboxylic acids is 2. The summed E-state index contributed by atoms with van der Waals surface area (Å²) in [6.45, 7) is 0.158. The molecule has 0 fully saturated rings. The summed E-state index contributed by atoms with van der Waals surface area (Å²) in [4.78, 5) is 23.6. The smallest absolute Gasteiger partial charge is 0.325 e. The molecule has 3 aromatic carbocycles. The molecule has 0 radical (unpaired) electrons. The van der Waals surface area contributed by atoms with Crippen LogP contribution < -0.4 is 43.9 Å². The number of hydrogen-bond donors (Lipinski definition) is 3. The fraction of sp³-hybridized carbons (Fsp3) is 0.286. The average Bonchev–Trinajstić information content (AvgIpc) is 2.92. The molecule has 0 aliphatic heterocycles. The fourth-order valence-corrected chi connectivity index (χ4v) is 8.70. The van der Waals surface area contributed by atoms with Crippen LogP contribution in [0.2, 0.25) is 0 Å². The number of unbranched alkanes of at least 4 members (excludes halogenated alkanes) is 2. The molecule has 0 spiro atoms. The van der Waals surface area contributed by atoms with Gasteiger partial charge < -0.3 is 32.8 Å². The minimum atomic E-state index is -1.83. The van der Waals surface area contributed by atoms with Crippen molar-refractivity contribution in [3.05, 3.63) is 91.0 Å². The van der Waals surface area contributed by atoms with E-state index in [2.05, 4.69) is 109 Å². The van der Waals surface area contributed by atoms with Crippen molar-refractivity contribution in [3.63, 3.8) is 0 Å². The second kappa shape index (κ2) is 15.8. The summed E-state index contributed by atoms with van der Waals surface area (Å²) < 4.78 is 5.29. The summed E-state index contributed by atoms with van der Waals surface area (Å²) in [5, 5.41) is 6.60. The zero-order valence-electron chi connectivity index (χ0n) is 20.3. The van der Waals surface area contributed by atoms with E-state index in [1.807, 2.05) is 0 Å². The van der Waals surface area contributed by atoms with E-state index in [1.54, 1.807) is 0 Å². The SMILES string of the molecule is N[C@@H](CS)C(=O)NCC(=O)OCCCCC[P+](c1ccccc1)(c1ccccc1)c1ccccc1.[Br-]. The molecule has 3 rings (SSSR count). The van der Waals surface area contributed by atoms with Crippen LogP contribution in [0.3, 0.4) is 0 Å². The average molecular weight is 590 g/mol. The second-order valence-electron chi connectivity index (χ2n) is 8.33. The number of amides is 1. The lowest BCUT2D eigenvalue weighted by Gasteiger charge is -2.27. The number of esters is 1. The van der Waals surface area contributed by atoms with E-state index in [0.29, 0.717) is 6.61 Å². The van der Waals surface area contributed by atoms with Gasteiger partial charge in [-0.1, -0.05) is 54.6 Å². The zero-order chi connectivity index (χ0) is 24.9. The van der Waals surface area contributed by atoms with Crippen LogP contribution in [0, 0.1) is 0 Å². The van der Waals surface area contributed by atoms with Gasteiger partial charge in [0.1, 0.15) is 29.7 Å². The maximum absolute atomic E-state index is 11.9. The molecule has 0 aliphatic carbocycles. The van der Waals surface area contributed by atoms with Crippen molar-refractivity contribution < 1.29 is 31.3 Å². The number of nitrogens with two attached hydrogens (primary N) is 1. The maximum Gasteiger partial charge on any atom is 0.325 e. The van der Waals surface area contributed by atoms with Crippen molar-refractivity contribution in [1.29, 1.82) is 0 Å². The van der Waals surface area contributed by atoms with E-state index in [4.69, 9.17) is 10.5 Å². The molecule has 0 aliphatic rings. The molecule has 3 N–H and O–H groups in total. The Balaban J connectivity index is 0.00000456. The monoisotopic (exact) mass is 588 g/mol. The number of carbonyl (C=O) groups is 2. The summed E-state index contributed by atoms with van der Waals surface area (Å²) in [6.07, 6.45) is 3.76. The molecule has 36 heavy (non-hydrogen) atoms. The number of hydrogen-bond acceptors (Lipinski definition) is 5. The van der Waals surface area contributed by atoms with Crippen LogP contribution in [0.5, 0.6) is 0 Å². The van der Waals surface area contributed by atoms with Gasteiger partial charge in [-0.15, -0.1) is 0 Å². The predicted molar refractivity (Wildman–Crippen MR) is 150 cm³/mol. The largest absolute Gasteiger partial charge is 1.00 e. The molecule has 8 heteroatoms. The first kappa shape index (κ1) is 30.0. The lowest BCUT2D eigenvalue weighted by molar-refractivity contribution is -0.144. The first-order chi connectivity index (χ1) is 17.1. The van der Waals surface area contributed by atoms with Crippen molar-refractivity contribution in [1.82, 2.24) is 5.32 Å². The Bertz CT molecular complexity index is 962. The molecule has 5 nitrogen and oxygen atoms in total. The number of halogens is 1. The van der Waals surface area contributed by atoms with Crippen LogP contribution in [0.25, 0.3) is 0 Å². The molecule has 1 amide bonds. The zero-order valence-corrected chi connectivity index (χ0v) is 23.6. The quantitative estimate of drug-likeness (QED) is 0.114. The van der Waals surface area contributed by atoms with Crippen LogP contribution in [0.4, 0.5) is 0 Å². The summed E-state index contributed by atoms with van der Waals surface area (Å²) in [7, 11) is -1.83. The second-order valence-corrected chi connectivity index (χ2v) is 12.3. The highest BCUT2D eigenvalue weighted by Gasteiger charge is 2.44. The third-order valence-electron chi connectivity index (χ3n) is 5.93. The molecule has 1 atom stereocenters. The lowest BCUT2D eigenvalue weighted by Crippen LogP contribution is -3.00. The van der Waals surface area contributed by atoms with Crippen molar-refractivity contribution in [2.75, 3.05) is 25.1 Å². The van der Waals surface area contributed by atoms with E-state index in [0.717, 1.165) is 25.4 Å². The Hall–Kier alpha value is -2.18. The van der Waals surface area contributed by atoms with E-state index < -0.39 is 25.2 Å². The molecule has 192 valence electrons. The highest BCUT2D eigenvalue weighted by molar-refractivity contribution is 7.95. The van der Waals surface area contributed by atoms with Gasteiger partial charge in [-0.25, -0.2) is 0 Å². The molecule has 3 aromatic rings. The van der Waals surface area contributed by atoms with Gasteiger partial charge in [0.25, 0.3) is 0 Å². The summed E-state index contributed by atoms with van der Waals surface area (Å²) in [6, 6.07) is 31.7. The Morgan fingerprint density at radius 3 is 1.72 bits per heavy atom. The Kier molecular flexibility index (Phi) is 13.2. The van der Waals surface area contributed by atoms with Gasteiger partial charge in [0.05, 0.1) is 18.8 Å². The van der Waals surface area contributed by atoms with Gasteiger partial charge in [0.15, 0.2) is 0 Å². The Morgan fingerprint density at radius 1 is 0.806 bits per heavy atom. The third kappa shape index (κ3) is 8.17. The van der Waals surface area contributed by atoms with Crippen molar-refractivity contribution in [3.8, 4) is 0 Å².